The summed E-state index contributed by atoms with van der Waals surface area (Å²) >= 11 is 0. The quantitative estimate of drug-likeness (QED) is 0.717. The van der Waals surface area contributed by atoms with E-state index in [0.717, 1.165) is 17.9 Å². The lowest BCUT2D eigenvalue weighted by atomic mass is 10.0. The smallest absolute Gasteiger partial charge is 0.337 e. The van der Waals surface area contributed by atoms with E-state index in [-0.39, 0.29) is 5.56 Å². The summed E-state index contributed by atoms with van der Waals surface area (Å²) in [6.07, 6.45) is 3.42. The normalized spacial score (nSPS) is 15.4. The maximum Gasteiger partial charge on any atom is 0.337 e. The summed E-state index contributed by atoms with van der Waals surface area (Å²) in [6.45, 7) is 0. The highest BCUT2D eigenvalue weighted by Gasteiger charge is 2.23. The van der Waals surface area contributed by atoms with Gasteiger partial charge in [-0.05, 0) is 36.8 Å². The molecule has 1 aromatic carbocycles. The minimum Gasteiger partial charge on any atom is -0.478 e. The van der Waals surface area contributed by atoms with Gasteiger partial charge < -0.3 is 10.8 Å². The molecule has 3 nitrogen and oxygen atoms in total. The maximum absolute atomic E-state index is 10.8. The van der Waals surface area contributed by atoms with Crippen LogP contribution in [0.15, 0.2) is 18.2 Å². The molecule has 0 atom stereocenters. The summed E-state index contributed by atoms with van der Waals surface area (Å²) in [4.78, 5) is 10.8. The standard InChI is InChI=1S/C11H13NO2/c12-10-8(6-7-4-5-7)2-1-3-9(10)11(13)14/h1-3,7H,4-6,12H2,(H,13,14). The average molecular weight is 191 g/mol. The first-order valence-corrected chi connectivity index (χ1v) is 4.79. The molecule has 2 rings (SSSR count). The van der Waals surface area contributed by atoms with Crippen molar-refractivity contribution >= 4 is 11.7 Å². The zero-order chi connectivity index (χ0) is 10.1. The highest BCUT2D eigenvalue weighted by Crippen LogP contribution is 2.34. The summed E-state index contributed by atoms with van der Waals surface area (Å²) in [6, 6.07) is 5.23. The zero-order valence-corrected chi connectivity index (χ0v) is 7.86. The Labute approximate surface area is 82.5 Å². The lowest BCUT2D eigenvalue weighted by molar-refractivity contribution is 0.0698. The van der Waals surface area contributed by atoms with Crippen LogP contribution in [-0.2, 0) is 6.42 Å². The highest BCUT2D eigenvalue weighted by atomic mass is 16.4. The molecular formula is C11H13NO2. The predicted molar refractivity (Wildman–Crippen MR) is 54.2 cm³/mol. The maximum atomic E-state index is 10.8. The lowest BCUT2D eigenvalue weighted by Crippen LogP contribution is -2.05. The molecule has 0 radical (unpaired) electrons. The number of hydrogen-bond acceptors (Lipinski definition) is 2. The van der Waals surface area contributed by atoms with Crippen LogP contribution < -0.4 is 5.73 Å². The van der Waals surface area contributed by atoms with E-state index < -0.39 is 5.97 Å². The molecular weight excluding hydrogens is 178 g/mol. The molecule has 1 fully saturated rings. The SMILES string of the molecule is Nc1c(CC2CC2)cccc1C(=O)O. The van der Waals surface area contributed by atoms with Gasteiger partial charge in [0.15, 0.2) is 0 Å². The third kappa shape index (κ3) is 1.71. The van der Waals surface area contributed by atoms with Crippen LogP contribution in [0.2, 0.25) is 0 Å². The van der Waals surface area contributed by atoms with Crippen LogP contribution in [0.1, 0.15) is 28.8 Å². The van der Waals surface area contributed by atoms with E-state index in [1.54, 1.807) is 12.1 Å². The van der Waals surface area contributed by atoms with Gasteiger partial charge in [0.1, 0.15) is 0 Å². The van der Waals surface area contributed by atoms with Crippen LogP contribution in [0.25, 0.3) is 0 Å². The van der Waals surface area contributed by atoms with Crippen molar-refractivity contribution in [2.45, 2.75) is 19.3 Å². The number of hydrogen-bond donors (Lipinski definition) is 2. The van der Waals surface area contributed by atoms with Gasteiger partial charge >= 0.3 is 5.97 Å². The lowest BCUT2D eigenvalue weighted by Gasteiger charge is -2.07. The fourth-order valence-corrected chi connectivity index (χ4v) is 1.61. The molecule has 0 spiro atoms. The second-order valence-corrected chi connectivity index (χ2v) is 3.83. The Bertz CT molecular complexity index is 370. The van der Waals surface area contributed by atoms with Gasteiger partial charge in [-0.1, -0.05) is 12.1 Å². The molecule has 1 aliphatic rings. The third-order valence-electron chi connectivity index (χ3n) is 2.63. The number of rotatable bonds is 3. The largest absolute Gasteiger partial charge is 0.478 e. The van der Waals surface area contributed by atoms with Crippen molar-refractivity contribution in [2.75, 3.05) is 5.73 Å². The predicted octanol–water partition coefficient (Wildman–Crippen LogP) is 1.92. The van der Waals surface area contributed by atoms with Crippen LogP contribution in [0.3, 0.4) is 0 Å². The number of nitrogens with two attached hydrogens (primary N) is 1. The van der Waals surface area contributed by atoms with Gasteiger partial charge in [-0.3, -0.25) is 0 Å². The molecule has 0 aliphatic heterocycles. The Kier molecular flexibility index (Phi) is 2.15. The van der Waals surface area contributed by atoms with Crippen molar-refractivity contribution in [2.24, 2.45) is 5.92 Å². The molecule has 0 bridgehead atoms. The molecule has 1 aromatic rings. The number of carbonyl (C=O) groups is 1. The third-order valence-corrected chi connectivity index (χ3v) is 2.63. The number of nitrogen functional groups attached to an aromatic ring is 1. The first-order valence-electron chi connectivity index (χ1n) is 4.79. The number of aromatic carboxylic acids is 1. The van der Waals surface area contributed by atoms with Crippen LogP contribution in [0.5, 0.6) is 0 Å². The van der Waals surface area contributed by atoms with Crippen molar-refractivity contribution in [3.63, 3.8) is 0 Å². The fraction of sp³-hybridized carbons (Fsp3) is 0.364. The molecule has 0 unspecified atom stereocenters. The number of para-hydroxylation sites is 1. The first-order chi connectivity index (χ1) is 6.68. The van der Waals surface area contributed by atoms with E-state index in [1.807, 2.05) is 6.07 Å². The minimum atomic E-state index is -0.944. The summed E-state index contributed by atoms with van der Waals surface area (Å²) in [7, 11) is 0. The van der Waals surface area contributed by atoms with Gasteiger partial charge in [-0.25, -0.2) is 4.79 Å². The molecule has 74 valence electrons. The van der Waals surface area contributed by atoms with Crippen LogP contribution in [0.4, 0.5) is 5.69 Å². The Morgan fingerprint density at radius 3 is 2.79 bits per heavy atom. The molecule has 0 saturated heterocycles. The van der Waals surface area contributed by atoms with Crippen molar-refractivity contribution in [3.05, 3.63) is 29.3 Å². The number of benzene rings is 1. The van der Waals surface area contributed by atoms with Crippen molar-refractivity contribution < 1.29 is 9.90 Å². The fourth-order valence-electron chi connectivity index (χ4n) is 1.61. The van der Waals surface area contributed by atoms with Crippen molar-refractivity contribution in [1.29, 1.82) is 0 Å². The van der Waals surface area contributed by atoms with Crippen molar-refractivity contribution in [3.8, 4) is 0 Å². The second-order valence-electron chi connectivity index (χ2n) is 3.83. The van der Waals surface area contributed by atoms with Gasteiger partial charge in [0.2, 0.25) is 0 Å². The zero-order valence-electron chi connectivity index (χ0n) is 7.86. The number of carboxylic acid groups (broad SMARTS) is 1. The van der Waals surface area contributed by atoms with Gasteiger partial charge in [0.05, 0.1) is 5.56 Å². The number of anilines is 1. The molecule has 1 aliphatic carbocycles. The average Bonchev–Trinajstić information content (AvgIpc) is 2.92. The summed E-state index contributed by atoms with van der Waals surface area (Å²) in [5.74, 6) is -0.221. The summed E-state index contributed by atoms with van der Waals surface area (Å²) < 4.78 is 0. The Hall–Kier alpha value is -1.51. The van der Waals surface area contributed by atoms with E-state index in [9.17, 15) is 4.79 Å². The number of carboxylic acids is 1. The monoisotopic (exact) mass is 191 g/mol. The molecule has 1 saturated carbocycles. The van der Waals surface area contributed by atoms with Crippen LogP contribution in [-0.4, -0.2) is 11.1 Å². The summed E-state index contributed by atoms with van der Waals surface area (Å²) in [5.41, 5.74) is 7.42. The van der Waals surface area contributed by atoms with Gasteiger partial charge in [0.25, 0.3) is 0 Å². The topological polar surface area (TPSA) is 63.3 Å². The molecule has 0 heterocycles. The van der Waals surface area contributed by atoms with E-state index >= 15 is 0 Å². The summed E-state index contributed by atoms with van der Waals surface area (Å²) in [5, 5.41) is 8.86. The highest BCUT2D eigenvalue weighted by molar-refractivity contribution is 5.94. The van der Waals surface area contributed by atoms with Gasteiger partial charge in [0, 0.05) is 5.69 Å². The molecule has 14 heavy (non-hydrogen) atoms. The molecule has 3 N–H and O–H groups in total. The molecule has 3 heteroatoms. The van der Waals surface area contributed by atoms with E-state index in [4.69, 9.17) is 10.8 Å². The van der Waals surface area contributed by atoms with E-state index in [1.165, 1.54) is 12.8 Å². The van der Waals surface area contributed by atoms with E-state index in [0.29, 0.717) is 5.69 Å². The van der Waals surface area contributed by atoms with Gasteiger partial charge in [-0.15, -0.1) is 0 Å². The van der Waals surface area contributed by atoms with Crippen LogP contribution in [0, 0.1) is 5.92 Å². The van der Waals surface area contributed by atoms with E-state index in [2.05, 4.69) is 0 Å². The molecule has 0 aromatic heterocycles. The second kappa shape index (κ2) is 3.33. The van der Waals surface area contributed by atoms with Crippen LogP contribution >= 0.6 is 0 Å². The Balaban J connectivity index is 2.30. The first kappa shape index (κ1) is 9.06. The van der Waals surface area contributed by atoms with Crippen molar-refractivity contribution in [1.82, 2.24) is 0 Å². The minimum absolute atomic E-state index is 0.225. The Morgan fingerprint density at radius 2 is 2.21 bits per heavy atom. The molecule has 0 amide bonds. The Morgan fingerprint density at radius 1 is 1.50 bits per heavy atom. The van der Waals surface area contributed by atoms with Gasteiger partial charge in [-0.2, -0.15) is 0 Å².